The molecule has 142 valence electrons. The van der Waals surface area contributed by atoms with Crippen LogP contribution in [0.1, 0.15) is 6.42 Å². The molecule has 0 bridgehead atoms. The van der Waals surface area contributed by atoms with E-state index in [1.807, 2.05) is 0 Å². The zero-order valence-corrected chi connectivity index (χ0v) is 15.4. The third kappa shape index (κ3) is 4.37. The van der Waals surface area contributed by atoms with Crippen LogP contribution in [0.5, 0.6) is 5.75 Å². The summed E-state index contributed by atoms with van der Waals surface area (Å²) in [5, 5.41) is 4.74. The lowest BCUT2D eigenvalue weighted by molar-refractivity contribution is -0.118. The quantitative estimate of drug-likeness (QED) is 0.786. The first-order valence-corrected chi connectivity index (χ1v) is 9.82. The number of nitrogens with one attached hydrogen (secondary N) is 2. The van der Waals surface area contributed by atoms with Crippen LogP contribution in [-0.4, -0.2) is 32.6 Å². The summed E-state index contributed by atoms with van der Waals surface area (Å²) in [4.78, 5) is 23.0. The van der Waals surface area contributed by atoms with Crippen LogP contribution in [-0.2, 0) is 19.4 Å². The second kappa shape index (κ2) is 7.53. The molecule has 1 aliphatic rings. The number of halogens is 2. The SMILES string of the molecule is O=C(CCS(=O)(=O)c1cc2c(cc1Cl)NC(=O)CO2)Nc1ccccc1F. The second-order valence-corrected chi connectivity index (χ2v) is 8.20. The van der Waals surface area contributed by atoms with Gasteiger partial charge in [0.1, 0.15) is 11.6 Å². The Hall–Kier alpha value is -2.65. The molecule has 0 atom stereocenters. The standard InChI is InChI=1S/C17H14ClFN2O5S/c18-10-7-13-14(26-9-17(23)21-13)8-15(10)27(24,25)6-5-16(22)20-12-4-2-1-3-11(12)19/h1-4,7-8H,5-6,9H2,(H,20,22)(H,21,23). The van der Waals surface area contributed by atoms with E-state index in [1.165, 1.54) is 30.3 Å². The largest absolute Gasteiger partial charge is 0.482 e. The van der Waals surface area contributed by atoms with E-state index in [-0.39, 0.29) is 46.0 Å². The summed E-state index contributed by atoms with van der Waals surface area (Å²) in [6, 6.07) is 8.05. The van der Waals surface area contributed by atoms with Gasteiger partial charge in [0.05, 0.1) is 27.0 Å². The van der Waals surface area contributed by atoms with Crippen LogP contribution in [0, 0.1) is 5.82 Å². The number of benzene rings is 2. The number of para-hydroxylation sites is 1. The molecule has 27 heavy (non-hydrogen) atoms. The van der Waals surface area contributed by atoms with Gasteiger partial charge in [-0.1, -0.05) is 23.7 Å². The molecule has 2 aromatic carbocycles. The van der Waals surface area contributed by atoms with Crippen molar-refractivity contribution in [1.29, 1.82) is 0 Å². The molecule has 0 saturated carbocycles. The van der Waals surface area contributed by atoms with Gasteiger partial charge in [-0.15, -0.1) is 0 Å². The van der Waals surface area contributed by atoms with Crippen LogP contribution in [0.2, 0.25) is 5.02 Å². The summed E-state index contributed by atoms with van der Waals surface area (Å²) in [6.07, 6.45) is -0.387. The maximum atomic E-state index is 13.5. The fourth-order valence-electron chi connectivity index (χ4n) is 2.43. The molecule has 2 amide bonds. The molecule has 7 nitrogen and oxygen atoms in total. The van der Waals surface area contributed by atoms with Crippen molar-refractivity contribution in [2.24, 2.45) is 0 Å². The normalized spacial score (nSPS) is 13.3. The maximum absolute atomic E-state index is 13.5. The van der Waals surface area contributed by atoms with Crippen LogP contribution in [0.15, 0.2) is 41.3 Å². The highest BCUT2D eigenvalue weighted by Gasteiger charge is 2.25. The van der Waals surface area contributed by atoms with Gasteiger partial charge in [-0.25, -0.2) is 12.8 Å². The van der Waals surface area contributed by atoms with Crippen LogP contribution in [0.3, 0.4) is 0 Å². The van der Waals surface area contributed by atoms with E-state index in [0.717, 1.165) is 0 Å². The Labute approximate surface area is 159 Å². The lowest BCUT2D eigenvalue weighted by Gasteiger charge is -2.19. The molecule has 3 rings (SSSR count). The molecular formula is C17H14ClFN2O5S. The van der Waals surface area contributed by atoms with Crippen LogP contribution >= 0.6 is 11.6 Å². The van der Waals surface area contributed by atoms with E-state index in [4.69, 9.17) is 16.3 Å². The maximum Gasteiger partial charge on any atom is 0.262 e. The highest BCUT2D eigenvalue weighted by Crippen LogP contribution is 2.36. The van der Waals surface area contributed by atoms with Crippen molar-refractivity contribution >= 4 is 44.6 Å². The number of carbonyl (C=O) groups is 2. The Morgan fingerprint density at radius 1 is 1.30 bits per heavy atom. The average Bonchev–Trinajstić information content (AvgIpc) is 2.61. The van der Waals surface area contributed by atoms with Gasteiger partial charge in [0.2, 0.25) is 5.91 Å². The van der Waals surface area contributed by atoms with E-state index >= 15 is 0 Å². The van der Waals surface area contributed by atoms with E-state index in [0.29, 0.717) is 0 Å². The number of carbonyl (C=O) groups excluding carboxylic acids is 2. The number of fused-ring (bicyclic) bond motifs is 1. The highest BCUT2D eigenvalue weighted by atomic mass is 35.5. The molecule has 1 aliphatic heterocycles. The fraction of sp³-hybridized carbons (Fsp3) is 0.176. The lowest BCUT2D eigenvalue weighted by Crippen LogP contribution is -2.25. The van der Waals surface area contributed by atoms with Crippen molar-refractivity contribution in [3.63, 3.8) is 0 Å². The van der Waals surface area contributed by atoms with Gasteiger partial charge in [-0.2, -0.15) is 0 Å². The van der Waals surface area contributed by atoms with Gasteiger partial charge in [0.25, 0.3) is 5.91 Å². The van der Waals surface area contributed by atoms with Crippen molar-refractivity contribution in [2.75, 3.05) is 23.0 Å². The summed E-state index contributed by atoms with van der Waals surface area (Å²) >= 11 is 6.02. The molecule has 0 saturated heterocycles. The predicted octanol–water partition coefficient (Wildman–Crippen LogP) is 2.61. The molecular weight excluding hydrogens is 399 g/mol. The number of hydrogen-bond donors (Lipinski definition) is 2. The van der Waals surface area contributed by atoms with Crippen molar-refractivity contribution in [3.05, 3.63) is 47.2 Å². The first-order chi connectivity index (χ1) is 12.8. The summed E-state index contributed by atoms with van der Waals surface area (Å²) < 4.78 is 43.8. The van der Waals surface area contributed by atoms with Gasteiger partial charge in [-0.05, 0) is 18.2 Å². The Kier molecular flexibility index (Phi) is 5.33. The number of rotatable bonds is 5. The van der Waals surface area contributed by atoms with Gasteiger partial charge >= 0.3 is 0 Å². The first kappa shape index (κ1) is 19.1. The number of ether oxygens (including phenoxy) is 1. The lowest BCUT2D eigenvalue weighted by atomic mass is 10.2. The monoisotopic (exact) mass is 412 g/mol. The smallest absolute Gasteiger partial charge is 0.262 e. The molecule has 1 heterocycles. The Morgan fingerprint density at radius 3 is 2.78 bits per heavy atom. The van der Waals surface area contributed by atoms with E-state index in [1.54, 1.807) is 6.07 Å². The van der Waals surface area contributed by atoms with Crippen molar-refractivity contribution in [3.8, 4) is 5.75 Å². The number of hydrogen-bond acceptors (Lipinski definition) is 5. The van der Waals surface area contributed by atoms with E-state index in [2.05, 4.69) is 10.6 Å². The average molecular weight is 413 g/mol. The molecule has 2 N–H and O–H groups in total. The van der Waals surface area contributed by atoms with Crippen molar-refractivity contribution < 1.29 is 27.1 Å². The minimum Gasteiger partial charge on any atom is -0.482 e. The summed E-state index contributed by atoms with van der Waals surface area (Å²) in [7, 11) is -3.91. The minimum atomic E-state index is -3.91. The van der Waals surface area contributed by atoms with Gasteiger partial charge in [-0.3, -0.25) is 9.59 Å². The molecule has 0 radical (unpaired) electrons. The Balaban J connectivity index is 1.72. The molecule has 2 aromatic rings. The predicted molar refractivity (Wildman–Crippen MR) is 97.3 cm³/mol. The third-order valence-corrected chi connectivity index (χ3v) is 5.92. The second-order valence-electron chi connectivity index (χ2n) is 5.71. The molecule has 0 aliphatic carbocycles. The molecule has 0 spiro atoms. The Morgan fingerprint density at radius 2 is 2.04 bits per heavy atom. The fourth-order valence-corrected chi connectivity index (χ4v) is 4.27. The van der Waals surface area contributed by atoms with E-state index < -0.39 is 27.3 Å². The molecule has 0 fully saturated rings. The number of sulfone groups is 1. The Bertz CT molecular complexity index is 1030. The minimum absolute atomic E-state index is 0.0316. The van der Waals surface area contributed by atoms with Crippen LogP contribution < -0.4 is 15.4 Å². The molecule has 0 aromatic heterocycles. The third-order valence-electron chi connectivity index (χ3n) is 3.75. The molecule has 10 heteroatoms. The van der Waals surface area contributed by atoms with Crippen molar-refractivity contribution in [1.82, 2.24) is 0 Å². The van der Waals surface area contributed by atoms with Gasteiger partial charge in [0, 0.05) is 12.5 Å². The summed E-state index contributed by atoms with van der Waals surface area (Å²) in [6.45, 7) is -0.237. The van der Waals surface area contributed by atoms with Crippen LogP contribution in [0.4, 0.5) is 15.8 Å². The first-order valence-electron chi connectivity index (χ1n) is 7.79. The van der Waals surface area contributed by atoms with Crippen LogP contribution in [0.25, 0.3) is 0 Å². The van der Waals surface area contributed by atoms with Gasteiger partial charge in [0.15, 0.2) is 16.4 Å². The highest BCUT2D eigenvalue weighted by molar-refractivity contribution is 7.91. The summed E-state index contributed by atoms with van der Waals surface area (Å²) in [5.74, 6) is -2.00. The molecule has 0 unspecified atom stereocenters. The van der Waals surface area contributed by atoms with E-state index in [9.17, 15) is 22.4 Å². The zero-order chi connectivity index (χ0) is 19.6. The topological polar surface area (TPSA) is 102 Å². The number of anilines is 2. The van der Waals surface area contributed by atoms with Crippen molar-refractivity contribution in [2.45, 2.75) is 11.3 Å². The summed E-state index contributed by atoms with van der Waals surface area (Å²) in [5.41, 5.74) is 0.239. The zero-order valence-electron chi connectivity index (χ0n) is 13.8. The number of amides is 2. The van der Waals surface area contributed by atoms with Gasteiger partial charge < -0.3 is 15.4 Å².